The summed E-state index contributed by atoms with van der Waals surface area (Å²) >= 11 is 0. The van der Waals surface area contributed by atoms with Crippen molar-refractivity contribution in [3.05, 3.63) is 29.7 Å². The van der Waals surface area contributed by atoms with Crippen LogP contribution < -0.4 is 0 Å². The van der Waals surface area contributed by atoms with Crippen LogP contribution in [0.5, 0.6) is 0 Å². The monoisotopic (exact) mass is 236 g/mol. The summed E-state index contributed by atoms with van der Waals surface area (Å²) in [4.78, 5) is 11.4. The first-order valence-electron chi connectivity index (χ1n) is 5.56. The Hall–Kier alpha value is -1.55. The number of aryl methyl sites for hydroxylation is 1. The minimum absolute atomic E-state index is 0.00916. The quantitative estimate of drug-likeness (QED) is 0.594. The average molecular weight is 236 g/mol. The van der Waals surface area contributed by atoms with Crippen LogP contribution in [0.3, 0.4) is 0 Å². The average Bonchev–Trinajstić information content (AvgIpc) is 2.67. The Morgan fingerprint density at radius 3 is 2.82 bits per heavy atom. The van der Waals surface area contributed by atoms with Gasteiger partial charge in [-0.3, -0.25) is 0 Å². The number of hydrogen-bond acceptors (Lipinski definition) is 4. The van der Waals surface area contributed by atoms with Crippen molar-refractivity contribution in [1.82, 2.24) is 0 Å². The lowest BCUT2D eigenvalue weighted by Crippen LogP contribution is -2.43. The van der Waals surface area contributed by atoms with Gasteiger partial charge in [0.15, 0.2) is 0 Å². The first-order valence-corrected chi connectivity index (χ1v) is 5.56. The van der Waals surface area contributed by atoms with Gasteiger partial charge in [0.1, 0.15) is 18.1 Å². The van der Waals surface area contributed by atoms with Gasteiger partial charge < -0.3 is 13.9 Å². The Bertz CT molecular complexity index is 426. The van der Waals surface area contributed by atoms with Crippen LogP contribution in [0.4, 0.5) is 0 Å². The summed E-state index contributed by atoms with van der Waals surface area (Å²) < 4.78 is 15.5. The molecule has 0 saturated carbocycles. The molecule has 92 valence electrons. The van der Waals surface area contributed by atoms with Gasteiger partial charge >= 0.3 is 5.97 Å². The van der Waals surface area contributed by atoms with Crippen LogP contribution in [-0.2, 0) is 14.3 Å². The molecule has 2 heterocycles. The smallest absolute Gasteiger partial charge is 0.330 e. The summed E-state index contributed by atoms with van der Waals surface area (Å²) in [6.07, 6.45) is 2.98. The second kappa shape index (κ2) is 4.75. The topological polar surface area (TPSA) is 48.7 Å². The lowest BCUT2D eigenvalue weighted by Gasteiger charge is -2.36. The van der Waals surface area contributed by atoms with Crippen LogP contribution in [0.15, 0.2) is 22.6 Å². The Morgan fingerprint density at radius 1 is 1.53 bits per heavy atom. The van der Waals surface area contributed by atoms with Crippen LogP contribution in [0.1, 0.15) is 18.4 Å². The van der Waals surface area contributed by atoms with Crippen LogP contribution >= 0.6 is 0 Å². The molecule has 0 amide bonds. The van der Waals surface area contributed by atoms with E-state index in [0.717, 1.165) is 5.76 Å². The highest BCUT2D eigenvalue weighted by Crippen LogP contribution is 2.26. The van der Waals surface area contributed by atoms with Crippen molar-refractivity contribution in [2.24, 2.45) is 5.41 Å². The molecule has 2 rings (SSSR count). The van der Waals surface area contributed by atoms with Gasteiger partial charge in [0.05, 0.1) is 13.2 Å². The molecule has 1 aliphatic heterocycles. The maximum Gasteiger partial charge on any atom is 0.330 e. The molecule has 1 aliphatic rings. The Labute approximate surface area is 100 Å². The second-order valence-electron chi connectivity index (χ2n) is 4.69. The van der Waals surface area contributed by atoms with Crippen LogP contribution in [-0.4, -0.2) is 25.8 Å². The van der Waals surface area contributed by atoms with Gasteiger partial charge in [0.2, 0.25) is 0 Å². The van der Waals surface area contributed by atoms with E-state index in [0.29, 0.717) is 25.6 Å². The zero-order chi connectivity index (χ0) is 12.3. The molecule has 0 unspecified atom stereocenters. The van der Waals surface area contributed by atoms with E-state index in [9.17, 15) is 4.79 Å². The molecule has 4 nitrogen and oxygen atoms in total. The van der Waals surface area contributed by atoms with Gasteiger partial charge in [-0.15, -0.1) is 0 Å². The van der Waals surface area contributed by atoms with E-state index < -0.39 is 0 Å². The summed E-state index contributed by atoms with van der Waals surface area (Å²) in [5, 5.41) is 0. The molecule has 0 N–H and O–H groups in total. The summed E-state index contributed by atoms with van der Waals surface area (Å²) in [5.41, 5.74) is -0.00916. The lowest BCUT2D eigenvalue weighted by molar-refractivity contribution is -0.160. The molecule has 0 atom stereocenters. The van der Waals surface area contributed by atoms with Gasteiger partial charge in [0.25, 0.3) is 0 Å². The van der Waals surface area contributed by atoms with Gasteiger partial charge in [-0.1, -0.05) is 6.92 Å². The summed E-state index contributed by atoms with van der Waals surface area (Å²) in [6.45, 7) is 5.59. The SMILES string of the molecule is Cc1ccc(/C=C/C(=O)OCC2(C)COC2)o1. The third-order valence-corrected chi connectivity index (χ3v) is 2.61. The lowest BCUT2D eigenvalue weighted by atomic mass is 9.90. The Morgan fingerprint density at radius 2 is 2.29 bits per heavy atom. The maximum atomic E-state index is 11.4. The largest absolute Gasteiger partial charge is 0.462 e. The standard InChI is InChI=1S/C13H16O4/c1-10-3-4-11(17-10)5-6-12(14)16-9-13(2)7-15-8-13/h3-6H,7-9H2,1-2H3/b6-5+. The first-order chi connectivity index (χ1) is 8.07. The van der Waals surface area contributed by atoms with E-state index in [1.54, 1.807) is 12.1 Å². The summed E-state index contributed by atoms with van der Waals surface area (Å²) in [7, 11) is 0. The Kier molecular flexibility index (Phi) is 3.33. The molecule has 0 spiro atoms. The molecule has 0 aromatic carbocycles. The van der Waals surface area contributed by atoms with Crippen molar-refractivity contribution in [2.45, 2.75) is 13.8 Å². The molecular weight excluding hydrogens is 220 g/mol. The molecule has 1 saturated heterocycles. The number of carbonyl (C=O) groups is 1. The van der Waals surface area contributed by atoms with Crippen molar-refractivity contribution >= 4 is 12.0 Å². The number of hydrogen-bond donors (Lipinski definition) is 0. The first kappa shape index (κ1) is 11.9. The highest BCUT2D eigenvalue weighted by molar-refractivity contribution is 5.86. The zero-order valence-electron chi connectivity index (χ0n) is 10.1. The van der Waals surface area contributed by atoms with Gasteiger partial charge in [-0.05, 0) is 25.1 Å². The van der Waals surface area contributed by atoms with Gasteiger partial charge in [0, 0.05) is 11.5 Å². The predicted molar refractivity (Wildman–Crippen MR) is 62.4 cm³/mol. The highest BCUT2D eigenvalue weighted by atomic mass is 16.5. The molecule has 1 aromatic rings. The summed E-state index contributed by atoms with van der Waals surface area (Å²) in [5.74, 6) is 1.11. The predicted octanol–water partition coefficient (Wildman–Crippen LogP) is 2.18. The molecule has 0 aliphatic carbocycles. The third kappa shape index (κ3) is 3.20. The number of carbonyl (C=O) groups excluding carboxylic acids is 1. The molecule has 1 fully saturated rings. The number of furan rings is 1. The molecule has 17 heavy (non-hydrogen) atoms. The van der Waals surface area contributed by atoms with E-state index >= 15 is 0 Å². The number of ether oxygens (including phenoxy) is 2. The van der Waals surface area contributed by atoms with Crippen LogP contribution in [0, 0.1) is 12.3 Å². The third-order valence-electron chi connectivity index (χ3n) is 2.61. The molecular formula is C13H16O4. The maximum absolute atomic E-state index is 11.4. The van der Waals surface area contributed by atoms with Crippen molar-refractivity contribution in [2.75, 3.05) is 19.8 Å². The van der Waals surface area contributed by atoms with Crippen LogP contribution in [0.2, 0.25) is 0 Å². The molecule has 0 radical (unpaired) electrons. The van der Waals surface area contributed by atoms with Gasteiger partial charge in [-0.25, -0.2) is 4.79 Å². The number of rotatable bonds is 4. The summed E-state index contributed by atoms with van der Waals surface area (Å²) in [6, 6.07) is 3.65. The van der Waals surface area contributed by atoms with Crippen molar-refractivity contribution < 1.29 is 18.7 Å². The second-order valence-corrected chi connectivity index (χ2v) is 4.69. The minimum Gasteiger partial charge on any atom is -0.462 e. The highest BCUT2D eigenvalue weighted by Gasteiger charge is 2.34. The van der Waals surface area contributed by atoms with Crippen LogP contribution in [0.25, 0.3) is 6.08 Å². The molecule has 1 aromatic heterocycles. The zero-order valence-corrected chi connectivity index (χ0v) is 10.1. The van der Waals surface area contributed by atoms with E-state index in [-0.39, 0.29) is 11.4 Å². The Balaban J connectivity index is 1.79. The van der Waals surface area contributed by atoms with Crippen molar-refractivity contribution in [3.8, 4) is 0 Å². The van der Waals surface area contributed by atoms with E-state index in [1.165, 1.54) is 6.08 Å². The van der Waals surface area contributed by atoms with E-state index in [2.05, 4.69) is 0 Å². The minimum atomic E-state index is -0.354. The fourth-order valence-electron chi connectivity index (χ4n) is 1.52. The van der Waals surface area contributed by atoms with Gasteiger partial charge in [-0.2, -0.15) is 0 Å². The fraction of sp³-hybridized carbons (Fsp3) is 0.462. The van der Waals surface area contributed by atoms with Crippen molar-refractivity contribution in [1.29, 1.82) is 0 Å². The van der Waals surface area contributed by atoms with Crippen molar-refractivity contribution in [3.63, 3.8) is 0 Å². The molecule has 0 bridgehead atoms. The molecule has 4 heteroatoms. The van der Waals surface area contributed by atoms with E-state index in [4.69, 9.17) is 13.9 Å². The van der Waals surface area contributed by atoms with E-state index in [1.807, 2.05) is 19.9 Å². The number of esters is 1. The fourth-order valence-corrected chi connectivity index (χ4v) is 1.52. The normalized spacial score (nSPS) is 18.0.